The van der Waals surface area contributed by atoms with E-state index in [2.05, 4.69) is 9.97 Å². The minimum absolute atomic E-state index is 0.110. The summed E-state index contributed by atoms with van der Waals surface area (Å²) in [5, 5.41) is 11.3. The van der Waals surface area contributed by atoms with Crippen molar-refractivity contribution in [3.8, 4) is 17.0 Å². The Morgan fingerprint density at radius 1 is 1.03 bits per heavy atom. The van der Waals surface area contributed by atoms with E-state index < -0.39 is 38.2 Å². The smallest absolute Gasteiger partial charge is 0.296 e. The van der Waals surface area contributed by atoms with E-state index in [1.54, 1.807) is 0 Å². The van der Waals surface area contributed by atoms with E-state index in [4.69, 9.17) is 4.74 Å². The van der Waals surface area contributed by atoms with E-state index in [9.17, 15) is 22.7 Å². The van der Waals surface area contributed by atoms with Gasteiger partial charge in [0.05, 0.1) is 17.5 Å². The average molecular weight is 524 g/mol. The van der Waals surface area contributed by atoms with Crippen molar-refractivity contribution in [1.29, 1.82) is 0 Å². The molecule has 0 amide bonds. The van der Waals surface area contributed by atoms with Crippen LogP contribution < -0.4 is 5.56 Å². The molecule has 2 heterocycles. The normalized spacial score (nSPS) is 12.4. The number of aromatic hydroxyl groups is 1. The molecule has 0 fully saturated rings. The van der Waals surface area contributed by atoms with Crippen LogP contribution in [0.3, 0.4) is 0 Å². The van der Waals surface area contributed by atoms with Gasteiger partial charge in [0, 0.05) is 25.3 Å². The maximum Gasteiger partial charge on any atom is 0.296 e. The minimum atomic E-state index is -4.45. The molecule has 1 atom stereocenters. The number of hydrogen-bond donors (Lipinski definition) is 1. The van der Waals surface area contributed by atoms with Gasteiger partial charge in [-0.3, -0.25) is 9.36 Å². The minimum Gasteiger partial charge on any atom is -0.493 e. The number of halogens is 1. The molecule has 0 unspecified atom stereocenters. The number of benzene rings is 2. The molecule has 37 heavy (non-hydrogen) atoms. The van der Waals surface area contributed by atoms with Gasteiger partial charge in [0.15, 0.2) is 4.90 Å². The molecule has 0 radical (unpaired) electrons. The maximum atomic E-state index is 13.6. The zero-order chi connectivity index (χ0) is 26.6. The summed E-state index contributed by atoms with van der Waals surface area (Å²) in [7, 11) is -2.95. The molecule has 0 bridgehead atoms. The van der Waals surface area contributed by atoms with Crippen molar-refractivity contribution in [2.45, 2.75) is 35.6 Å². The third kappa shape index (κ3) is 5.30. The number of methoxy groups -OCH3 is 1. The van der Waals surface area contributed by atoms with Crippen LogP contribution in [-0.2, 0) is 21.0 Å². The molecule has 2 aromatic carbocycles. The van der Waals surface area contributed by atoms with Gasteiger partial charge in [-0.25, -0.2) is 13.4 Å². The Labute approximate surface area is 214 Å². The summed E-state index contributed by atoms with van der Waals surface area (Å²) in [6.07, 6.45) is 2.29. The molecule has 0 saturated heterocycles. The standard InChI is InChI=1S/C27H26FN3O5S/c1-3-7-24-30-26(32)25(27(33)31(24)22(17-36-2)19-8-5-4-6-9-19)37(34,35)21-13-10-18(11-14-21)20-12-15-23(28)29-16-20/h4-6,8-16,22,33H,3,7,17H2,1-2H3/t22-/m0/s1. The molecule has 10 heteroatoms. The van der Waals surface area contributed by atoms with Crippen LogP contribution in [0.1, 0.15) is 30.8 Å². The Morgan fingerprint density at radius 3 is 2.30 bits per heavy atom. The molecule has 0 aliphatic rings. The van der Waals surface area contributed by atoms with Crippen molar-refractivity contribution in [3.05, 3.63) is 101 Å². The lowest BCUT2D eigenvalue weighted by Gasteiger charge is -2.25. The zero-order valence-corrected chi connectivity index (χ0v) is 21.2. The first-order chi connectivity index (χ1) is 17.8. The van der Waals surface area contributed by atoms with Crippen LogP contribution in [0.5, 0.6) is 5.88 Å². The first kappa shape index (κ1) is 26.2. The lowest BCUT2D eigenvalue weighted by molar-refractivity contribution is 0.161. The Bertz CT molecular complexity index is 1540. The largest absolute Gasteiger partial charge is 0.493 e. The lowest BCUT2D eigenvalue weighted by atomic mass is 10.1. The van der Waals surface area contributed by atoms with Gasteiger partial charge in [0.2, 0.25) is 21.7 Å². The molecule has 1 N–H and O–H groups in total. The number of ether oxygens (including phenoxy) is 1. The number of pyridine rings is 1. The SMILES string of the molecule is CCCc1nc(=O)c(S(=O)(=O)c2ccc(-c3ccc(F)nc3)cc2)c(O)n1[C@@H](COC)c1ccccc1. The fourth-order valence-electron chi connectivity index (χ4n) is 4.16. The van der Waals surface area contributed by atoms with Crippen molar-refractivity contribution in [1.82, 2.24) is 14.5 Å². The predicted octanol–water partition coefficient (Wildman–Crippen LogP) is 4.17. The molecule has 0 aliphatic carbocycles. The highest BCUT2D eigenvalue weighted by Crippen LogP contribution is 2.32. The van der Waals surface area contributed by atoms with Gasteiger partial charge in [0.25, 0.3) is 5.56 Å². The van der Waals surface area contributed by atoms with E-state index in [0.29, 0.717) is 24.0 Å². The van der Waals surface area contributed by atoms with Gasteiger partial charge in [-0.05, 0) is 41.8 Å². The molecule has 0 spiro atoms. The van der Waals surface area contributed by atoms with Crippen LogP contribution >= 0.6 is 0 Å². The number of rotatable bonds is 9. The number of sulfone groups is 1. The van der Waals surface area contributed by atoms with Gasteiger partial charge in [-0.2, -0.15) is 9.37 Å². The van der Waals surface area contributed by atoms with Gasteiger partial charge in [-0.1, -0.05) is 49.4 Å². The molecule has 4 rings (SSSR count). The van der Waals surface area contributed by atoms with Crippen molar-refractivity contribution < 1.29 is 22.7 Å². The molecule has 2 aromatic heterocycles. The number of aryl methyl sites for hydroxylation is 1. The summed E-state index contributed by atoms with van der Waals surface area (Å²) >= 11 is 0. The van der Waals surface area contributed by atoms with Crippen molar-refractivity contribution in [2.24, 2.45) is 0 Å². The Kier molecular flexibility index (Phi) is 7.80. The summed E-state index contributed by atoms with van der Waals surface area (Å²) in [4.78, 5) is 19.7. The number of nitrogens with zero attached hydrogens (tertiary/aromatic N) is 3. The predicted molar refractivity (Wildman–Crippen MR) is 136 cm³/mol. The molecular weight excluding hydrogens is 497 g/mol. The van der Waals surface area contributed by atoms with E-state index in [0.717, 1.165) is 5.56 Å². The van der Waals surface area contributed by atoms with E-state index in [-0.39, 0.29) is 17.3 Å². The molecular formula is C27H26FN3O5S. The monoisotopic (exact) mass is 523 g/mol. The van der Waals surface area contributed by atoms with Crippen LogP contribution in [0.2, 0.25) is 0 Å². The summed E-state index contributed by atoms with van der Waals surface area (Å²) in [5.74, 6) is -1.06. The summed E-state index contributed by atoms with van der Waals surface area (Å²) in [6.45, 7) is 2.00. The van der Waals surface area contributed by atoms with Gasteiger partial charge in [-0.15, -0.1) is 0 Å². The van der Waals surface area contributed by atoms with Crippen LogP contribution in [0.25, 0.3) is 11.1 Å². The zero-order valence-electron chi connectivity index (χ0n) is 20.3. The summed E-state index contributed by atoms with van der Waals surface area (Å²) in [6, 6.07) is 16.9. The van der Waals surface area contributed by atoms with Crippen molar-refractivity contribution >= 4 is 9.84 Å². The fraction of sp³-hybridized carbons (Fsp3) is 0.222. The van der Waals surface area contributed by atoms with Crippen molar-refractivity contribution in [3.63, 3.8) is 0 Å². The summed E-state index contributed by atoms with van der Waals surface area (Å²) in [5.41, 5.74) is 0.913. The third-order valence-corrected chi connectivity index (χ3v) is 7.71. The molecule has 192 valence electrons. The van der Waals surface area contributed by atoms with E-state index in [1.807, 2.05) is 37.3 Å². The Hall–Kier alpha value is -3.89. The van der Waals surface area contributed by atoms with E-state index >= 15 is 0 Å². The third-order valence-electron chi connectivity index (χ3n) is 5.92. The second-order valence-corrected chi connectivity index (χ2v) is 10.3. The first-order valence-corrected chi connectivity index (χ1v) is 13.1. The Morgan fingerprint density at radius 2 is 1.70 bits per heavy atom. The van der Waals surface area contributed by atoms with Gasteiger partial charge >= 0.3 is 0 Å². The summed E-state index contributed by atoms with van der Waals surface area (Å²) < 4.78 is 47.1. The van der Waals surface area contributed by atoms with Gasteiger partial charge < -0.3 is 9.84 Å². The molecule has 8 nitrogen and oxygen atoms in total. The highest BCUT2D eigenvalue weighted by Gasteiger charge is 2.32. The number of hydrogen-bond acceptors (Lipinski definition) is 7. The van der Waals surface area contributed by atoms with Crippen LogP contribution in [0.15, 0.2) is 87.5 Å². The highest BCUT2D eigenvalue weighted by molar-refractivity contribution is 7.91. The van der Waals surface area contributed by atoms with E-state index in [1.165, 1.54) is 54.3 Å². The van der Waals surface area contributed by atoms with Gasteiger partial charge in [0.1, 0.15) is 5.82 Å². The van der Waals surface area contributed by atoms with Crippen LogP contribution in [0.4, 0.5) is 4.39 Å². The maximum absolute atomic E-state index is 13.6. The molecule has 4 aromatic rings. The molecule has 0 aliphatic heterocycles. The second-order valence-electron chi connectivity index (χ2n) is 8.39. The van der Waals surface area contributed by atoms with Crippen molar-refractivity contribution in [2.75, 3.05) is 13.7 Å². The van der Waals surface area contributed by atoms with Crippen LogP contribution in [-0.4, -0.2) is 41.8 Å². The fourth-order valence-corrected chi connectivity index (χ4v) is 5.50. The van der Waals surface area contributed by atoms with Crippen LogP contribution in [0, 0.1) is 5.95 Å². The topological polar surface area (TPSA) is 111 Å². The second kappa shape index (κ2) is 11.0. The first-order valence-electron chi connectivity index (χ1n) is 11.6. The average Bonchev–Trinajstić information content (AvgIpc) is 2.89. The Balaban J connectivity index is 1.85. The number of aromatic nitrogens is 3. The lowest BCUT2D eigenvalue weighted by Crippen LogP contribution is -2.29. The quantitative estimate of drug-likeness (QED) is 0.328. The molecule has 0 saturated carbocycles. The highest BCUT2D eigenvalue weighted by atomic mass is 32.2.